The number of anilines is 1. The second-order valence-electron chi connectivity index (χ2n) is 17.2. The Hall–Kier alpha value is -2.88. The molecule has 3 heteroatoms. The lowest BCUT2D eigenvalue weighted by molar-refractivity contribution is -0.342. The Morgan fingerprint density at radius 3 is 2.04 bits per heavy atom. The molecular weight excluding hydrogens is 599 g/mol. The van der Waals surface area contributed by atoms with Crippen LogP contribution in [-0.4, -0.2) is 25.0 Å². The van der Waals surface area contributed by atoms with Crippen LogP contribution in [-0.2, 0) is 21.3 Å². The number of likely N-dealkylation sites (N-methyl/N-ethyl adjacent to an activating group) is 1. The molecule has 49 heavy (non-hydrogen) atoms. The van der Waals surface area contributed by atoms with E-state index in [0.29, 0.717) is 23.7 Å². The van der Waals surface area contributed by atoms with E-state index in [4.69, 9.17) is 9.47 Å². The summed E-state index contributed by atoms with van der Waals surface area (Å²) in [5.74, 6) is 1.16. The van der Waals surface area contributed by atoms with Crippen molar-refractivity contribution in [3.8, 4) is 11.1 Å². The first-order chi connectivity index (χ1) is 23.1. The van der Waals surface area contributed by atoms with E-state index in [1.165, 1.54) is 61.3 Å². The predicted octanol–water partition coefficient (Wildman–Crippen LogP) is 12.0. The SMILES string of the molecule is CCC(C)C1OC(C)(Cc2c(C)cc(C)cc2C2C=C(CC(C)C)c3cc4c(cc3N2C)C(C)(C)c2ccccc2-4)OC(C(C)CC)C1C. The molecule has 0 radical (unpaired) electrons. The van der Waals surface area contributed by atoms with Gasteiger partial charge < -0.3 is 14.4 Å². The van der Waals surface area contributed by atoms with Crippen molar-refractivity contribution in [1.29, 1.82) is 0 Å². The van der Waals surface area contributed by atoms with Gasteiger partial charge in [-0.2, -0.15) is 0 Å². The largest absolute Gasteiger partial charge is 0.364 e. The molecule has 3 nitrogen and oxygen atoms in total. The average Bonchev–Trinajstić information content (AvgIpc) is 3.28. The van der Waals surface area contributed by atoms with Gasteiger partial charge in [0.05, 0.1) is 18.2 Å². The summed E-state index contributed by atoms with van der Waals surface area (Å²) in [5.41, 5.74) is 15.2. The van der Waals surface area contributed by atoms with Crippen LogP contribution in [0.3, 0.4) is 0 Å². The van der Waals surface area contributed by atoms with E-state index in [-0.39, 0.29) is 23.7 Å². The third kappa shape index (κ3) is 6.33. The van der Waals surface area contributed by atoms with Crippen LogP contribution in [0.2, 0.25) is 0 Å². The highest BCUT2D eigenvalue weighted by atomic mass is 16.7. The van der Waals surface area contributed by atoms with E-state index >= 15 is 0 Å². The molecule has 0 amide bonds. The van der Waals surface area contributed by atoms with Gasteiger partial charge in [0.2, 0.25) is 0 Å². The molecule has 6 rings (SSSR count). The van der Waals surface area contributed by atoms with E-state index in [9.17, 15) is 0 Å². The number of benzene rings is 3. The standard InChI is InChI=1S/C46H63NO2/c1-14-29(6)43-32(9)44(30(7)15-2)49-46(12,48-43)26-38-31(8)21-28(5)22-37(38)41-23-33(20-27(3)4)35-24-36-34-18-16-17-19-39(34)45(10,11)40(36)25-42(35)47(41)13/h16-19,21-25,27,29-30,32,41,43-44H,14-15,20,26H2,1-13H3. The van der Waals surface area contributed by atoms with Crippen molar-refractivity contribution in [3.05, 3.63) is 93.6 Å². The number of allylic oxidation sites excluding steroid dienone is 1. The van der Waals surface area contributed by atoms with Gasteiger partial charge in [-0.05, 0) is 102 Å². The second-order valence-corrected chi connectivity index (χ2v) is 17.2. The van der Waals surface area contributed by atoms with Gasteiger partial charge in [-0.15, -0.1) is 0 Å². The number of hydrogen-bond acceptors (Lipinski definition) is 3. The van der Waals surface area contributed by atoms with E-state index in [0.717, 1.165) is 25.7 Å². The molecule has 0 bridgehead atoms. The lowest BCUT2D eigenvalue weighted by Crippen LogP contribution is -2.56. The third-order valence-corrected chi connectivity index (χ3v) is 12.5. The Labute approximate surface area is 298 Å². The molecule has 264 valence electrons. The molecule has 5 atom stereocenters. The molecular formula is C46H63NO2. The minimum Gasteiger partial charge on any atom is -0.364 e. The van der Waals surface area contributed by atoms with Crippen LogP contribution in [0, 0.1) is 37.5 Å². The zero-order valence-corrected chi connectivity index (χ0v) is 32.8. The first kappa shape index (κ1) is 35.9. The lowest BCUT2D eigenvalue weighted by Gasteiger charge is -2.50. The molecule has 2 aliphatic heterocycles. The fourth-order valence-electron chi connectivity index (χ4n) is 9.42. The van der Waals surface area contributed by atoms with Crippen LogP contribution >= 0.6 is 0 Å². The zero-order valence-electron chi connectivity index (χ0n) is 32.8. The van der Waals surface area contributed by atoms with Crippen molar-refractivity contribution in [3.63, 3.8) is 0 Å². The summed E-state index contributed by atoms with van der Waals surface area (Å²) >= 11 is 0. The van der Waals surface area contributed by atoms with Crippen molar-refractivity contribution in [2.45, 2.75) is 138 Å². The summed E-state index contributed by atoms with van der Waals surface area (Å²) in [5, 5.41) is 0. The summed E-state index contributed by atoms with van der Waals surface area (Å²) < 4.78 is 14.2. The molecule has 1 aliphatic carbocycles. The van der Waals surface area contributed by atoms with Gasteiger partial charge in [-0.3, -0.25) is 0 Å². The minimum atomic E-state index is -0.699. The number of hydrogen-bond donors (Lipinski definition) is 0. The van der Waals surface area contributed by atoms with Crippen LogP contribution in [0.5, 0.6) is 0 Å². The maximum atomic E-state index is 7.10. The van der Waals surface area contributed by atoms with Crippen LogP contribution < -0.4 is 4.90 Å². The summed E-state index contributed by atoms with van der Waals surface area (Å²) in [4.78, 5) is 2.55. The van der Waals surface area contributed by atoms with Crippen molar-refractivity contribution in [2.24, 2.45) is 23.7 Å². The maximum absolute atomic E-state index is 7.10. The predicted molar refractivity (Wildman–Crippen MR) is 208 cm³/mol. The highest BCUT2D eigenvalue weighted by molar-refractivity contribution is 5.90. The highest BCUT2D eigenvalue weighted by Crippen LogP contribution is 2.54. The maximum Gasteiger partial charge on any atom is 0.170 e. The van der Waals surface area contributed by atoms with E-state index < -0.39 is 5.79 Å². The van der Waals surface area contributed by atoms with Crippen molar-refractivity contribution in [2.75, 3.05) is 11.9 Å². The van der Waals surface area contributed by atoms with Gasteiger partial charge >= 0.3 is 0 Å². The molecule has 3 aromatic rings. The Bertz CT molecular complexity index is 1710. The van der Waals surface area contributed by atoms with Crippen LogP contribution in [0.25, 0.3) is 16.7 Å². The molecule has 3 aromatic carbocycles. The van der Waals surface area contributed by atoms with E-state index in [1.54, 1.807) is 0 Å². The van der Waals surface area contributed by atoms with Crippen molar-refractivity contribution in [1.82, 2.24) is 0 Å². The first-order valence-corrected chi connectivity index (χ1v) is 19.3. The summed E-state index contributed by atoms with van der Waals surface area (Å²) in [6.45, 7) is 27.9. The quantitative estimate of drug-likeness (QED) is 0.228. The number of ether oxygens (including phenoxy) is 2. The monoisotopic (exact) mass is 661 g/mol. The van der Waals surface area contributed by atoms with E-state index in [2.05, 4.69) is 150 Å². The molecule has 0 N–H and O–H groups in total. The third-order valence-electron chi connectivity index (χ3n) is 12.5. The Morgan fingerprint density at radius 1 is 0.796 bits per heavy atom. The normalized spacial score (nSPS) is 27.0. The summed E-state index contributed by atoms with van der Waals surface area (Å²) in [7, 11) is 2.31. The summed E-state index contributed by atoms with van der Waals surface area (Å²) in [6.07, 6.45) is 6.92. The topological polar surface area (TPSA) is 21.7 Å². The molecule has 3 aliphatic rings. The molecule has 0 saturated carbocycles. The second kappa shape index (κ2) is 13.3. The Kier molecular flexibility index (Phi) is 9.79. The van der Waals surface area contributed by atoms with Gasteiger partial charge in [0.15, 0.2) is 5.79 Å². The molecule has 2 heterocycles. The van der Waals surface area contributed by atoms with Crippen molar-refractivity contribution >= 4 is 11.3 Å². The Morgan fingerprint density at radius 2 is 1.43 bits per heavy atom. The fraction of sp³-hybridized carbons (Fsp3) is 0.565. The molecule has 1 fully saturated rings. The highest BCUT2D eigenvalue weighted by Gasteiger charge is 2.47. The van der Waals surface area contributed by atoms with E-state index in [1.807, 2.05) is 0 Å². The van der Waals surface area contributed by atoms with Crippen LogP contribution in [0.4, 0.5) is 5.69 Å². The van der Waals surface area contributed by atoms with Gasteiger partial charge in [0, 0.05) is 36.1 Å². The minimum absolute atomic E-state index is 0.0402. The van der Waals surface area contributed by atoms with Crippen molar-refractivity contribution < 1.29 is 9.47 Å². The fourth-order valence-corrected chi connectivity index (χ4v) is 9.42. The molecule has 1 saturated heterocycles. The van der Waals surface area contributed by atoms with Gasteiger partial charge in [0.1, 0.15) is 0 Å². The average molecular weight is 662 g/mol. The zero-order chi connectivity index (χ0) is 35.6. The first-order valence-electron chi connectivity index (χ1n) is 19.3. The number of rotatable bonds is 9. The number of nitrogens with zero attached hydrogens (tertiary/aromatic N) is 1. The number of aryl methyl sites for hydroxylation is 2. The summed E-state index contributed by atoms with van der Waals surface area (Å²) in [6, 6.07) is 19.0. The molecule has 0 aromatic heterocycles. The van der Waals surface area contributed by atoms with Gasteiger partial charge in [-0.1, -0.05) is 123 Å². The number of fused-ring (bicyclic) bond motifs is 4. The Balaban J connectivity index is 1.46. The lowest BCUT2D eigenvalue weighted by atomic mass is 9.79. The smallest absolute Gasteiger partial charge is 0.170 e. The molecule has 0 spiro atoms. The van der Waals surface area contributed by atoms with Gasteiger partial charge in [-0.25, -0.2) is 0 Å². The van der Waals surface area contributed by atoms with Gasteiger partial charge in [0.25, 0.3) is 0 Å². The van der Waals surface area contributed by atoms with Crippen LogP contribution in [0.15, 0.2) is 54.6 Å². The molecule has 5 unspecified atom stereocenters. The van der Waals surface area contributed by atoms with Crippen LogP contribution in [0.1, 0.15) is 133 Å².